The molecule has 1 fully saturated rings. The Labute approximate surface area is 166 Å². The first-order chi connectivity index (χ1) is 13.6. The maximum atomic E-state index is 12.8. The molecule has 146 valence electrons. The number of nitrogens with zero attached hydrogens (tertiary/aromatic N) is 2. The van der Waals surface area contributed by atoms with Crippen LogP contribution in [0.25, 0.3) is 11.1 Å². The molecule has 1 unspecified atom stereocenters. The van der Waals surface area contributed by atoms with Crippen molar-refractivity contribution in [3.63, 3.8) is 0 Å². The maximum Gasteiger partial charge on any atom is 0.263 e. The zero-order valence-electron chi connectivity index (χ0n) is 16.5. The number of amides is 1. The van der Waals surface area contributed by atoms with Crippen molar-refractivity contribution in [3.05, 3.63) is 48.0 Å². The van der Waals surface area contributed by atoms with E-state index in [4.69, 9.17) is 14.7 Å². The van der Waals surface area contributed by atoms with Crippen molar-refractivity contribution in [2.45, 2.75) is 38.7 Å². The number of hydrogen-bond acceptors (Lipinski definition) is 4. The van der Waals surface area contributed by atoms with Gasteiger partial charge in [-0.05, 0) is 55.2 Å². The number of nitriles is 1. The predicted octanol–water partition coefficient (Wildman–Crippen LogP) is 4.40. The van der Waals surface area contributed by atoms with E-state index in [0.29, 0.717) is 17.1 Å². The highest BCUT2D eigenvalue weighted by molar-refractivity contribution is 5.81. The molecule has 0 saturated carbocycles. The van der Waals surface area contributed by atoms with Gasteiger partial charge in [0.15, 0.2) is 6.10 Å². The van der Waals surface area contributed by atoms with Crippen LogP contribution in [0.1, 0.15) is 38.2 Å². The van der Waals surface area contributed by atoms with Gasteiger partial charge in [0, 0.05) is 19.2 Å². The van der Waals surface area contributed by atoms with Crippen LogP contribution in [0.5, 0.6) is 11.5 Å². The summed E-state index contributed by atoms with van der Waals surface area (Å²) in [6, 6.07) is 15.1. The lowest BCUT2D eigenvalue weighted by molar-refractivity contribution is -0.137. The summed E-state index contributed by atoms with van der Waals surface area (Å²) in [6.07, 6.45) is 3.90. The molecule has 5 nitrogen and oxygen atoms in total. The molecule has 0 spiro atoms. The van der Waals surface area contributed by atoms with Gasteiger partial charge in [-0.2, -0.15) is 5.26 Å². The highest BCUT2D eigenvalue weighted by atomic mass is 16.5. The maximum absolute atomic E-state index is 12.8. The highest BCUT2D eigenvalue weighted by Gasteiger charge is 2.23. The third-order valence-corrected chi connectivity index (χ3v) is 5.02. The standard InChI is InChI=1S/C23H26N2O3/c1-17(23(26)25-10-5-3-4-6-11-25)28-22-14-20(13-21(15-22)27-2)19-9-7-8-18(12-19)16-24/h7-9,12-15,17H,3-6,10-11H2,1-2H3. The number of carbonyl (C=O) groups excluding carboxylic acids is 1. The van der Waals surface area contributed by atoms with Crippen LogP contribution in [0, 0.1) is 11.3 Å². The number of carbonyl (C=O) groups is 1. The van der Waals surface area contributed by atoms with E-state index in [0.717, 1.165) is 37.1 Å². The predicted molar refractivity (Wildman–Crippen MR) is 108 cm³/mol. The Bertz CT molecular complexity index is 864. The molecule has 0 bridgehead atoms. The molecule has 5 heteroatoms. The second-order valence-electron chi connectivity index (χ2n) is 7.09. The molecule has 0 radical (unpaired) electrons. The van der Waals surface area contributed by atoms with Gasteiger partial charge in [0.25, 0.3) is 5.91 Å². The van der Waals surface area contributed by atoms with Gasteiger partial charge in [-0.3, -0.25) is 4.79 Å². The minimum atomic E-state index is -0.566. The number of benzene rings is 2. The van der Waals surface area contributed by atoms with Crippen LogP contribution in [0.2, 0.25) is 0 Å². The molecular formula is C23H26N2O3. The van der Waals surface area contributed by atoms with Crippen molar-refractivity contribution in [3.8, 4) is 28.7 Å². The summed E-state index contributed by atoms with van der Waals surface area (Å²) in [4.78, 5) is 14.7. The lowest BCUT2D eigenvalue weighted by Gasteiger charge is -2.24. The molecule has 3 rings (SSSR count). The van der Waals surface area contributed by atoms with Crippen molar-refractivity contribution in [2.24, 2.45) is 0 Å². The van der Waals surface area contributed by atoms with E-state index in [9.17, 15) is 4.79 Å². The first-order valence-electron chi connectivity index (χ1n) is 9.76. The van der Waals surface area contributed by atoms with Crippen molar-refractivity contribution in [1.29, 1.82) is 5.26 Å². The molecule has 1 heterocycles. The number of ether oxygens (including phenoxy) is 2. The quantitative estimate of drug-likeness (QED) is 0.773. The zero-order chi connectivity index (χ0) is 19.9. The van der Waals surface area contributed by atoms with Gasteiger partial charge in [-0.15, -0.1) is 0 Å². The summed E-state index contributed by atoms with van der Waals surface area (Å²) < 4.78 is 11.4. The summed E-state index contributed by atoms with van der Waals surface area (Å²) >= 11 is 0. The Kier molecular flexibility index (Phi) is 6.54. The van der Waals surface area contributed by atoms with Gasteiger partial charge in [0.2, 0.25) is 0 Å². The summed E-state index contributed by atoms with van der Waals surface area (Å²) in [5, 5.41) is 9.15. The smallest absolute Gasteiger partial charge is 0.263 e. The molecule has 1 aliphatic heterocycles. The lowest BCUT2D eigenvalue weighted by Crippen LogP contribution is -2.41. The number of methoxy groups -OCH3 is 1. The zero-order valence-corrected chi connectivity index (χ0v) is 16.5. The molecule has 0 N–H and O–H groups in total. The van der Waals surface area contributed by atoms with Crippen LogP contribution in [-0.4, -0.2) is 37.1 Å². The fraction of sp³-hybridized carbons (Fsp3) is 0.391. The van der Waals surface area contributed by atoms with Crippen LogP contribution in [-0.2, 0) is 4.79 Å². The van der Waals surface area contributed by atoms with Crippen LogP contribution < -0.4 is 9.47 Å². The molecule has 0 aromatic heterocycles. The van der Waals surface area contributed by atoms with E-state index in [-0.39, 0.29) is 5.91 Å². The third-order valence-electron chi connectivity index (χ3n) is 5.02. The molecule has 1 atom stereocenters. The second-order valence-corrected chi connectivity index (χ2v) is 7.09. The summed E-state index contributed by atoms with van der Waals surface area (Å²) in [7, 11) is 1.60. The minimum absolute atomic E-state index is 0.0257. The Morgan fingerprint density at radius 3 is 2.43 bits per heavy atom. The average Bonchev–Trinajstić information content (AvgIpc) is 3.02. The van der Waals surface area contributed by atoms with E-state index in [1.165, 1.54) is 12.8 Å². The Morgan fingerprint density at radius 2 is 1.75 bits per heavy atom. The first-order valence-corrected chi connectivity index (χ1v) is 9.76. The van der Waals surface area contributed by atoms with Gasteiger partial charge in [-0.1, -0.05) is 25.0 Å². The van der Waals surface area contributed by atoms with Crippen molar-refractivity contribution >= 4 is 5.91 Å². The van der Waals surface area contributed by atoms with Gasteiger partial charge >= 0.3 is 0 Å². The molecule has 28 heavy (non-hydrogen) atoms. The normalized spacial score (nSPS) is 15.2. The number of hydrogen-bond donors (Lipinski definition) is 0. The average molecular weight is 378 g/mol. The second kappa shape index (κ2) is 9.27. The van der Waals surface area contributed by atoms with E-state index < -0.39 is 6.10 Å². The van der Waals surface area contributed by atoms with Crippen molar-refractivity contribution < 1.29 is 14.3 Å². The minimum Gasteiger partial charge on any atom is -0.497 e. The Hall–Kier alpha value is -3.00. The Balaban J connectivity index is 1.81. The lowest BCUT2D eigenvalue weighted by atomic mass is 10.0. The van der Waals surface area contributed by atoms with Crippen LogP contribution in [0.3, 0.4) is 0 Å². The topological polar surface area (TPSA) is 62.6 Å². The molecule has 1 amide bonds. The van der Waals surface area contributed by atoms with Crippen molar-refractivity contribution in [2.75, 3.05) is 20.2 Å². The highest BCUT2D eigenvalue weighted by Crippen LogP contribution is 2.31. The van der Waals surface area contributed by atoms with E-state index in [1.54, 1.807) is 26.2 Å². The Morgan fingerprint density at radius 1 is 1.04 bits per heavy atom. The molecule has 2 aromatic rings. The SMILES string of the molecule is COc1cc(OC(C)C(=O)N2CCCCCC2)cc(-c2cccc(C#N)c2)c1. The van der Waals surface area contributed by atoms with Gasteiger partial charge in [-0.25, -0.2) is 0 Å². The van der Waals surface area contributed by atoms with Gasteiger partial charge < -0.3 is 14.4 Å². The van der Waals surface area contributed by atoms with Crippen molar-refractivity contribution in [1.82, 2.24) is 4.90 Å². The monoisotopic (exact) mass is 378 g/mol. The van der Waals surface area contributed by atoms with Gasteiger partial charge in [0.1, 0.15) is 11.5 Å². The summed E-state index contributed by atoms with van der Waals surface area (Å²) in [5.74, 6) is 1.24. The van der Waals surface area contributed by atoms with Crippen LogP contribution in [0.4, 0.5) is 0 Å². The van der Waals surface area contributed by atoms with E-state index in [1.807, 2.05) is 35.2 Å². The molecule has 1 aliphatic rings. The molecule has 1 saturated heterocycles. The first kappa shape index (κ1) is 19.8. The fourth-order valence-electron chi connectivity index (χ4n) is 3.50. The van der Waals surface area contributed by atoms with E-state index in [2.05, 4.69) is 6.07 Å². The third kappa shape index (κ3) is 4.83. The molecule has 0 aliphatic carbocycles. The van der Waals surface area contributed by atoms with Gasteiger partial charge in [0.05, 0.1) is 18.7 Å². The summed E-state index contributed by atoms with van der Waals surface area (Å²) in [5.41, 5.74) is 2.36. The number of rotatable bonds is 5. The van der Waals surface area contributed by atoms with Crippen LogP contribution >= 0.6 is 0 Å². The van der Waals surface area contributed by atoms with E-state index >= 15 is 0 Å². The fourth-order valence-corrected chi connectivity index (χ4v) is 3.50. The molecule has 2 aromatic carbocycles. The van der Waals surface area contributed by atoms with Crippen LogP contribution in [0.15, 0.2) is 42.5 Å². The number of likely N-dealkylation sites (tertiary alicyclic amines) is 1. The summed E-state index contributed by atoms with van der Waals surface area (Å²) in [6.45, 7) is 3.40. The molecular weight excluding hydrogens is 352 g/mol. The largest absolute Gasteiger partial charge is 0.497 e.